The minimum Gasteiger partial charge on any atom is -0.408 e. The van der Waals surface area contributed by atoms with Crippen LogP contribution in [0.4, 0.5) is 0 Å². The Balaban J connectivity index is 1.59. The van der Waals surface area contributed by atoms with Gasteiger partial charge in [-0.15, -0.1) is 0 Å². The van der Waals surface area contributed by atoms with Crippen molar-refractivity contribution in [3.8, 4) is 0 Å². The number of carbonyl (C=O) groups is 1. The number of aromatic nitrogens is 1. The Kier molecular flexibility index (Phi) is 4.59. The first-order valence-electron chi connectivity index (χ1n) is 9.26. The molecule has 1 aromatic carbocycles. The molecular weight excluding hydrogens is 370 g/mol. The SMILES string of the molecule is Cn1c(=O)oc2cc(S(=O)(=O)N3CCCC(C(=O)N4CCCC4)C3)ccc21. The molecule has 8 nitrogen and oxygen atoms in total. The Morgan fingerprint density at radius 2 is 1.89 bits per heavy atom. The summed E-state index contributed by atoms with van der Waals surface area (Å²) < 4.78 is 34.0. The number of piperidine rings is 1. The maximum Gasteiger partial charge on any atom is 0.419 e. The number of benzene rings is 1. The highest BCUT2D eigenvalue weighted by atomic mass is 32.2. The van der Waals surface area contributed by atoms with E-state index in [4.69, 9.17) is 4.42 Å². The highest BCUT2D eigenvalue weighted by molar-refractivity contribution is 7.89. The van der Waals surface area contributed by atoms with Gasteiger partial charge in [0.25, 0.3) is 0 Å². The molecule has 2 aliphatic heterocycles. The van der Waals surface area contributed by atoms with Crippen LogP contribution in [0.25, 0.3) is 11.1 Å². The number of fused-ring (bicyclic) bond motifs is 1. The average molecular weight is 393 g/mol. The monoisotopic (exact) mass is 393 g/mol. The summed E-state index contributed by atoms with van der Waals surface area (Å²) in [6, 6.07) is 4.44. The molecule has 0 saturated carbocycles. The zero-order valence-electron chi connectivity index (χ0n) is 15.3. The van der Waals surface area contributed by atoms with Gasteiger partial charge in [-0.2, -0.15) is 4.31 Å². The van der Waals surface area contributed by atoms with Gasteiger partial charge in [-0.05, 0) is 37.8 Å². The zero-order chi connectivity index (χ0) is 19.2. The third kappa shape index (κ3) is 3.19. The van der Waals surface area contributed by atoms with Crippen molar-refractivity contribution in [1.29, 1.82) is 0 Å². The van der Waals surface area contributed by atoms with Gasteiger partial charge >= 0.3 is 5.76 Å². The molecule has 1 unspecified atom stereocenters. The Hall–Kier alpha value is -2.13. The van der Waals surface area contributed by atoms with E-state index in [-0.39, 0.29) is 28.8 Å². The average Bonchev–Trinajstić information content (AvgIpc) is 3.30. The second kappa shape index (κ2) is 6.79. The number of nitrogens with zero attached hydrogens (tertiary/aromatic N) is 3. The lowest BCUT2D eigenvalue weighted by molar-refractivity contribution is -0.135. The Bertz CT molecular complexity index is 1030. The molecular formula is C18H23N3O5S. The second-order valence-electron chi connectivity index (χ2n) is 7.29. The number of hydrogen-bond acceptors (Lipinski definition) is 5. The van der Waals surface area contributed by atoms with Gasteiger partial charge in [-0.25, -0.2) is 13.2 Å². The molecule has 1 amide bonds. The molecule has 27 heavy (non-hydrogen) atoms. The van der Waals surface area contributed by atoms with Crippen molar-refractivity contribution in [1.82, 2.24) is 13.8 Å². The van der Waals surface area contributed by atoms with E-state index in [9.17, 15) is 18.0 Å². The van der Waals surface area contributed by atoms with Crippen molar-refractivity contribution in [2.75, 3.05) is 26.2 Å². The van der Waals surface area contributed by atoms with E-state index in [1.165, 1.54) is 21.0 Å². The first-order chi connectivity index (χ1) is 12.9. The molecule has 2 aromatic rings. The summed E-state index contributed by atoms with van der Waals surface area (Å²) in [4.78, 5) is 26.3. The number of amides is 1. The van der Waals surface area contributed by atoms with Crippen LogP contribution in [0.2, 0.25) is 0 Å². The lowest BCUT2D eigenvalue weighted by Crippen LogP contribution is -2.46. The normalized spacial score (nSPS) is 21.8. The van der Waals surface area contributed by atoms with Crippen molar-refractivity contribution >= 4 is 27.0 Å². The second-order valence-corrected chi connectivity index (χ2v) is 9.23. The van der Waals surface area contributed by atoms with Crippen LogP contribution in [0.5, 0.6) is 0 Å². The molecule has 9 heteroatoms. The van der Waals surface area contributed by atoms with Gasteiger partial charge in [0, 0.05) is 39.3 Å². The van der Waals surface area contributed by atoms with Gasteiger partial charge in [0.2, 0.25) is 15.9 Å². The van der Waals surface area contributed by atoms with Gasteiger partial charge in [-0.3, -0.25) is 9.36 Å². The number of rotatable bonds is 3. The molecule has 2 saturated heterocycles. The third-order valence-corrected chi connectivity index (χ3v) is 7.41. The molecule has 0 radical (unpaired) electrons. The predicted molar refractivity (Wildman–Crippen MR) is 98.8 cm³/mol. The molecule has 1 atom stereocenters. The minimum atomic E-state index is -3.76. The summed E-state index contributed by atoms with van der Waals surface area (Å²) in [5.74, 6) is -0.754. The van der Waals surface area contributed by atoms with Crippen LogP contribution in [0, 0.1) is 5.92 Å². The number of likely N-dealkylation sites (tertiary alicyclic amines) is 1. The molecule has 3 heterocycles. The van der Waals surface area contributed by atoms with Gasteiger partial charge in [0.05, 0.1) is 16.3 Å². The van der Waals surface area contributed by atoms with E-state index in [0.717, 1.165) is 25.9 Å². The Labute approximate surface area is 157 Å². The van der Waals surface area contributed by atoms with Crippen LogP contribution in [0.3, 0.4) is 0 Å². The number of carbonyl (C=O) groups excluding carboxylic acids is 1. The van der Waals surface area contributed by atoms with Crippen LogP contribution < -0.4 is 5.76 Å². The summed E-state index contributed by atoms with van der Waals surface area (Å²) in [7, 11) is -2.18. The standard InChI is InChI=1S/C18H23N3O5S/c1-19-15-7-6-14(11-16(15)26-18(19)23)27(24,25)21-10-4-5-13(12-21)17(22)20-8-2-3-9-20/h6-7,11,13H,2-5,8-10,12H2,1H3. The van der Waals surface area contributed by atoms with Crippen LogP contribution in [-0.2, 0) is 21.9 Å². The highest BCUT2D eigenvalue weighted by Crippen LogP contribution is 2.27. The topological polar surface area (TPSA) is 92.8 Å². The lowest BCUT2D eigenvalue weighted by Gasteiger charge is -2.33. The van der Waals surface area contributed by atoms with E-state index in [1.807, 2.05) is 4.90 Å². The largest absolute Gasteiger partial charge is 0.419 e. The molecule has 2 fully saturated rings. The smallest absolute Gasteiger partial charge is 0.408 e. The van der Waals surface area contributed by atoms with Crippen LogP contribution in [-0.4, -0.2) is 54.3 Å². The molecule has 4 rings (SSSR count). The van der Waals surface area contributed by atoms with Gasteiger partial charge in [0.15, 0.2) is 5.58 Å². The predicted octanol–water partition coefficient (Wildman–Crippen LogP) is 1.15. The number of sulfonamides is 1. The Morgan fingerprint density at radius 1 is 1.15 bits per heavy atom. The Morgan fingerprint density at radius 3 is 2.63 bits per heavy atom. The fourth-order valence-corrected chi connectivity index (χ4v) is 5.52. The van der Waals surface area contributed by atoms with Crippen LogP contribution in [0.15, 0.2) is 32.3 Å². The molecule has 0 bridgehead atoms. The van der Waals surface area contributed by atoms with E-state index >= 15 is 0 Å². The fourth-order valence-electron chi connectivity index (χ4n) is 3.98. The molecule has 146 valence electrons. The quantitative estimate of drug-likeness (QED) is 0.780. The summed E-state index contributed by atoms with van der Waals surface area (Å²) in [6.45, 7) is 2.13. The number of oxazole rings is 1. The van der Waals surface area contributed by atoms with E-state index in [2.05, 4.69) is 0 Å². The van der Waals surface area contributed by atoms with Crippen molar-refractivity contribution in [3.63, 3.8) is 0 Å². The third-order valence-electron chi connectivity index (χ3n) is 5.55. The maximum absolute atomic E-state index is 13.1. The summed E-state index contributed by atoms with van der Waals surface area (Å²) in [5.41, 5.74) is 0.782. The minimum absolute atomic E-state index is 0.0666. The van der Waals surface area contributed by atoms with Crippen molar-refractivity contribution < 1.29 is 17.6 Å². The van der Waals surface area contributed by atoms with E-state index in [1.54, 1.807) is 13.1 Å². The van der Waals surface area contributed by atoms with Crippen molar-refractivity contribution in [2.24, 2.45) is 13.0 Å². The first kappa shape index (κ1) is 18.2. The number of hydrogen-bond donors (Lipinski definition) is 0. The number of aryl methyl sites for hydroxylation is 1. The van der Waals surface area contributed by atoms with Crippen molar-refractivity contribution in [2.45, 2.75) is 30.6 Å². The maximum atomic E-state index is 13.1. The van der Waals surface area contributed by atoms with Gasteiger partial charge in [0.1, 0.15) is 0 Å². The zero-order valence-corrected chi connectivity index (χ0v) is 16.1. The highest BCUT2D eigenvalue weighted by Gasteiger charge is 2.35. The summed E-state index contributed by atoms with van der Waals surface area (Å²) >= 11 is 0. The lowest BCUT2D eigenvalue weighted by atomic mass is 9.98. The molecule has 0 N–H and O–H groups in total. The van der Waals surface area contributed by atoms with Crippen LogP contribution in [0.1, 0.15) is 25.7 Å². The van der Waals surface area contributed by atoms with Crippen LogP contribution >= 0.6 is 0 Å². The molecule has 0 spiro atoms. The van der Waals surface area contributed by atoms with Gasteiger partial charge in [-0.1, -0.05) is 0 Å². The molecule has 2 aliphatic rings. The molecule has 0 aliphatic carbocycles. The van der Waals surface area contributed by atoms with Gasteiger partial charge < -0.3 is 9.32 Å². The fraction of sp³-hybridized carbons (Fsp3) is 0.556. The molecule has 1 aromatic heterocycles. The van der Waals surface area contributed by atoms with Crippen molar-refractivity contribution in [3.05, 3.63) is 28.7 Å². The first-order valence-corrected chi connectivity index (χ1v) is 10.7. The summed E-state index contributed by atoms with van der Waals surface area (Å²) in [6.07, 6.45) is 3.41. The summed E-state index contributed by atoms with van der Waals surface area (Å²) in [5, 5.41) is 0. The van der Waals surface area contributed by atoms with E-state index < -0.39 is 15.8 Å². The van der Waals surface area contributed by atoms with E-state index in [0.29, 0.717) is 24.9 Å².